The fourth-order valence-electron chi connectivity index (χ4n) is 3.33. The molecule has 10 heteroatoms. The molecule has 1 fully saturated rings. The van der Waals surface area contributed by atoms with E-state index in [-0.39, 0.29) is 23.9 Å². The predicted octanol–water partition coefficient (Wildman–Crippen LogP) is 2.40. The molecule has 0 aromatic heterocycles. The summed E-state index contributed by atoms with van der Waals surface area (Å²) in [5.74, 6) is -0.788. The molecule has 170 valence electrons. The minimum absolute atomic E-state index is 0.0661. The lowest BCUT2D eigenvalue weighted by atomic mass is 9.82. The molecule has 3 amide bonds. The zero-order valence-corrected chi connectivity index (χ0v) is 18.2. The molecule has 2 aliphatic heterocycles. The van der Waals surface area contributed by atoms with Crippen LogP contribution in [0.1, 0.15) is 60.7 Å². The third-order valence-corrected chi connectivity index (χ3v) is 4.91. The number of hydrogen-bond donors (Lipinski definition) is 3. The lowest BCUT2D eigenvalue weighted by Crippen LogP contribution is -2.53. The molecule has 3 rings (SSSR count). The quantitative estimate of drug-likeness (QED) is 0.613. The van der Waals surface area contributed by atoms with Crippen LogP contribution < -0.4 is 15.8 Å². The number of ether oxygens (including phenoxy) is 2. The number of rotatable bonds is 1. The molecular weight excluding hydrogens is 406 g/mol. The van der Waals surface area contributed by atoms with Crippen molar-refractivity contribution in [2.75, 3.05) is 20.1 Å². The van der Waals surface area contributed by atoms with E-state index in [9.17, 15) is 19.2 Å². The fourth-order valence-corrected chi connectivity index (χ4v) is 3.33. The Balaban J connectivity index is 0.000000614. The molecule has 0 unspecified atom stereocenters. The summed E-state index contributed by atoms with van der Waals surface area (Å²) < 4.78 is 11.5. The first-order valence-corrected chi connectivity index (χ1v) is 9.90. The number of primary amides is 1. The van der Waals surface area contributed by atoms with Crippen LogP contribution in [0.5, 0.6) is 5.75 Å². The number of benzene rings is 1. The second kappa shape index (κ2) is 9.23. The van der Waals surface area contributed by atoms with Crippen LogP contribution in [-0.2, 0) is 4.74 Å². The molecule has 10 nitrogen and oxygen atoms in total. The smallest absolute Gasteiger partial charge is 0.410 e. The van der Waals surface area contributed by atoms with Crippen LogP contribution in [0.2, 0.25) is 0 Å². The highest BCUT2D eigenvalue weighted by Crippen LogP contribution is 2.39. The summed E-state index contributed by atoms with van der Waals surface area (Å²) in [4.78, 5) is 46.9. The molecule has 1 aromatic carbocycles. The summed E-state index contributed by atoms with van der Waals surface area (Å²) in [5.41, 5.74) is 3.72. The summed E-state index contributed by atoms with van der Waals surface area (Å²) in [5, 5.41) is 11.2. The maximum Gasteiger partial charge on any atom is 0.410 e. The number of carboxylic acid groups (broad SMARTS) is 1. The van der Waals surface area contributed by atoms with Crippen LogP contribution in [0.3, 0.4) is 0 Å². The van der Waals surface area contributed by atoms with Crippen molar-refractivity contribution in [1.82, 2.24) is 10.2 Å². The zero-order valence-electron chi connectivity index (χ0n) is 18.2. The summed E-state index contributed by atoms with van der Waals surface area (Å²) >= 11 is 0. The normalized spacial score (nSPS) is 16.9. The van der Waals surface area contributed by atoms with Crippen molar-refractivity contribution in [1.29, 1.82) is 0 Å². The third kappa shape index (κ3) is 6.34. The molecule has 0 bridgehead atoms. The van der Waals surface area contributed by atoms with E-state index < -0.39 is 23.2 Å². The minimum Gasteiger partial charge on any atom is -0.486 e. The van der Waals surface area contributed by atoms with E-state index in [4.69, 9.17) is 14.6 Å². The number of hydrogen-bond acceptors (Lipinski definition) is 6. The van der Waals surface area contributed by atoms with Crippen LogP contribution >= 0.6 is 0 Å². The number of carbonyl (C=O) groups excluding carboxylic acids is 3. The van der Waals surface area contributed by atoms with Gasteiger partial charge in [0.05, 0.1) is 17.5 Å². The van der Waals surface area contributed by atoms with Crippen LogP contribution in [0.15, 0.2) is 18.2 Å². The van der Waals surface area contributed by atoms with Crippen LogP contribution in [0.4, 0.5) is 9.59 Å². The minimum atomic E-state index is -1.08. The number of nitrogens with two attached hydrogens (primary N) is 1. The summed E-state index contributed by atoms with van der Waals surface area (Å²) in [6.45, 7) is 6.36. The second-order valence-electron chi connectivity index (χ2n) is 8.48. The van der Waals surface area contributed by atoms with Crippen molar-refractivity contribution >= 4 is 23.9 Å². The summed E-state index contributed by atoms with van der Waals surface area (Å²) in [6.07, 6.45) is 0.877. The largest absolute Gasteiger partial charge is 0.486 e. The fraction of sp³-hybridized carbons (Fsp3) is 0.524. The number of urea groups is 1. The Morgan fingerprint density at radius 2 is 1.81 bits per heavy atom. The Hall–Kier alpha value is -3.30. The number of ketones is 1. The highest BCUT2D eigenvalue weighted by atomic mass is 16.6. The monoisotopic (exact) mass is 435 g/mol. The molecule has 0 aliphatic carbocycles. The Morgan fingerprint density at radius 1 is 1.23 bits per heavy atom. The molecule has 1 aromatic rings. The number of amides is 3. The van der Waals surface area contributed by atoms with Gasteiger partial charge in [-0.15, -0.1) is 0 Å². The van der Waals surface area contributed by atoms with E-state index in [1.165, 1.54) is 25.2 Å². The van der Waals surface area contributed by atoms with Crippen LogP contribution in [-0.4, -0.2) is 65.2 Å². The third-order valence-electron chi connectivity index (χ3n) is 4.91. The molecule has 1 spiro atoms. The van der Waals surface area contributed by atoms with Gasteiger partial charge in [0.2, 0.25) is 0 Å². The van der Waals surface area contributed by atoms with E-state index in [0.717, 1.165) is 0 Å². The van der Waals surface area contributed by atoms with Gasteiger partial charge in [-0.25, -0.2) is 14.4 Å². The van der Waals surface area contributed by atoms with Gasteiger partial charge >= 0.3 is 18.1 Å². The number of Topliss-reactive ketones (excluding diaryl/α,β-unsaturated/α-hetero) is 1. The van der Waals surface area contributed by atoms with Crippen LogP contribution in [0, 0.1) is 0 Å². The van der Waals surface area contributed by atoms with Crippen molar-refractivity contribution in [2.24, 2.45) is 5.73 Å². The first kappa shape index (κ1) is 24.0. The molecule has 2 heterocycles. The van der Waals surface area contributed by atoms with Gasteiger partial charge in [0.1, 0.15) is 17.0 Å². The Labute approximate surface area is 180 Å². The number of piperidine rings is 1. The molecule has 4 N–H and O–H groups in total. The molecule has 0 atom stereocenters. The molecular formula is C21H29N3O7. The van der Waals surface area contributed by atoms with Crippen molar-refractivity contribution in [3.05, 3.63) is 29.3 Å². The van der Waals surface area contributed by atoms with Crippen molar-refractivity contribution in [3.63, 3.8) is 0 Å². The number of likely N-dealkylation sites (tertiary alicyclic amines) is 1. The van der Waals surface area contributed by atoms with Gasteiger partial charge in [0.25, 0.3) is 0 Å². The Bertz CT molecular complexity index is 868. The summed E-state index contributed by atoms with van der Waals surface area (Å²) in [6, 6.07) is 3.84. The summed E-state index contributed by atoms with van der Waals surface area (Å²) in [7, 11) is 1.47. The number of fused-ring (bicyclic) bond motifs is 1. The van der Waals surface area contributed by atoms with Gasteiger partial charge < -0.3 is 30.5 Å². The van der Waals surface area contributed by atoms with E-state index in [2.05, 4.69) is 11.1 Å². The maximum atomic E-state index is 12.6. The van der Waals surface area contributed by atoms with E-state index >= 15 is 0 Å². The number of aromatic carboxylic acids is 1. The first-order valence-electron chi connectivity index (χ1n) is 9.90. The second-order valence-corrected chi connectivity index (χ2v) is 8.48. The number of carbonyl (C=O) groups is 4. The molecule has 1 saturated heterocycles. The van der Waals surface area contributed by atoms with Gasteiger partial charge in [0.15, 0.2) is 5.78 Å². The number of nitrogens with one attached hydrogen (secondary N) is 1. The van der Waals surface area contributed by atoms with Gasteiger partial charge in [0, 0.05) is 33.0 Å². The topological polar surface area (TPSA) is 148 Å². The lowest BCUT2D eigenvalue weighted by Gasteiger charge is -2.44. The highest BCUT2D eigenvalue weighted by Gasteiger charge is 2.44. The Morgan fingerprint density at radius 3 is 2.29 bits per heavy atom. The van der Waals surface area contributed by atoms with Crippen molar-refractivity contribution in [2.45, 2.75) is 51.2 Å². The van der Waals surface area contributed by atoms with Gasteiger partial charge in [-0.05, 0) is 39.0 Å². The van der Waals surface area contributed by atoms with Crippen molar-refractivity contribution in [3.8, 4) is 5.75 Å². The van der Waals surface area contributed by atoms with E-state index in [0.29, 0.717) is 37.2 Å². The van der Waals surface area contributed by atoms with Gasteiger partial charge in [-0.2, -0.15) is 0 Å². The predicted molar refractivity (Wildman–Crippen MR) is 111 cm³/mol. The first-order chi connectivity index (χ1) is 14.4. The molecule has 0 radical (unpaired) electrons. The van der Waals surface area contributed by atoms with E-state index in [1.807, 2.05) is 20.8 Å². The molecule has 2 aliphatic rings. The number of nitrogens with zero attached hydrogens (tertiary/aromatic N) is 1. The van der Waals surface area contributed by atoms with Crippen molar-refractivity contribution < 1.29 is 33.8 Å². The van der Waals surface area contributed by atoms with Gasteiger partial charge in [-0.3, -0.25) is 4.79 Å². The standard InChI is InChI=1S/C19H23NO6.C2H6N2O/c1-18(2,3)26-17(24)20-8-6-19(7-9-20)11-14(21)13-10-12(16(22)23)4-5-15(13)25-19;1-4-2(3)5/h4-5,10H,6-9,11H2,1-3H3,(H,22,23);1H3,(H3,3,4,5). The molecule has 31 heavy (non-hydrogen) atoms. The highest BCUT2D eigenvalue weighted by molar-refractivity contribution is 6.02. The SMILES string of the molecule is CC(C)(C)OC(=O)N1CCC2(CC1)CC(=O)c1cc(C(=O)O)ccc1O2.CNC(N)=O. The average Bonchev–Trinajstić information content (AvgIpc) is 2.67. The maximum absolute atomic E-state index is 12.6. The average molecular weight is 435 g/mol. The lowest BCUT2D eigenvalue weighted by molar-refractivity contribution is -0.0226. The van der Waals surface area contributed by atoms with Crippen LogP contribution in [0.25, 0.3) is 0 Å². The van der Waals surface area contributed by atoms with E-state index in [1.54, 1.807) is 4.90 Å². The van der Waals surface area contributed by atoms with Gasteiger partial charge in [-0.1, -0.05) is 0 Å². The molecule has 0 saturated carbocycles. The Kier molecular flexibility index (Phi) is 7.14. The number of carboxylic acids is 1. The zero-order chi connectivity index (χ0) is 23.4.